The van der Waals surface area contributed by atoms with Crippen LogP contribution in [0.2, 0.25) is 0 Å². The van der Waals surface area contributed by atoms with Gasteiger partial charge >= 0.3 is 7.12 Å². The summed E-state index contributed by atoms with van der Waals surface area (Å²) >= 11 is 0. The first-order valence-electron chi connectivity index (χ1n) is 57.4. The lowest BCUT2D eigenvalue weighted by Gasteiger charge is -2.33. The Morgan fingerprint density at radius 3 is 0.683 bits per heavy atom. The maximum atomic E-state index is 6.50. The molecule has 0 N–H and O–H groups in total. The molecule has 0 amide bonds. The van der Waals surface area contributed by atoms with Crippen LogP contribution >= 0.6 is 0 Å². The molecule has 1 heterocycles. The molecule has 1 atom stereocenters. The Labute approximate surface area is 857 Å². The van der Waals surface area contributed by atoms with Crippen molar-refractivity contribution in [3.8, 4) is 134 Å². The zero-order valence-electron chi connectivity index (χ0n) is 89.1. The van der Waals surface area contributed by atoms with E-state index in [0.29, 0.717) is 0 Å². The normalized spacial score (nSPS) is 16.2. The van der Waals surface area contributed by atoms with E-state index in [1.54, 1.807) is 33.4 Å². The molecule has 0 radical (unpaired) electrons. The van der Waals surface area contributed by atoms with E-state index in [2.05, 4.69) is 344 Å². The number of hydrogen-bond acceptors (Lipinski definition) is 2. The van der Waals surface area contributed by atoms with Crippen molar-refractivity contribution in [2.24, 2.45) is 0 Å². The molecule has 3 heteroatoms. The molecule has 2 nitrogen and oxygen atoms in total. The maximum absolute atomic E-state index is 6.50. The molecule has 0 bridgehead atoms. The van der Waals surface area contributed by atoms with Crippen LogP contribution in [0, 0.1) is 0 Å². The zero-order valence-corrected chi connectivity index (χ0v) is 89.1. The van der Waals surface area contributed by atoms with Gasteiger partial charge in [0.05, 0.1) is 11.2 Å². The first-order chi connectivity index (χ1) is 69.3. The fourth-order valence-corrected chi connectivity index (χ4v) is 26.8. The molecule has 0 aromatic heterocycles. The molecular formula is C139H165BO2. The van der Waals surface area contributed by atoms with Crippen molar-refractivity contribution in [2.45, 2.75) is 392 Å². The van der Waals surface area contributed by atoms with Gasteiger partial charge in [-0.1, -0.05) is 499 Å². The summed E-state index contributed by atoms with van der Waals surface area (Å²) in [7, 11) is -0.354. The molecule has 19 rings (SSSR count). The van der Waals surface area contributed by atoms with Gasteiger partial charge in [0.1, 0.15) is 0 Å². The van der Waals surface area contributed by atoms with Crippen molar-refractivity contribution in [2.75, 3.05) is 0 Å². The van der Waals surface area contributed by atoms with Gasteiger partial charge < -0.3 is 9.31 Å². The summed E-state index contributed by atoms with van der Waals surface area (Å²) in [6.07, 6.45) is 54.9. The Kier molecular flexibility index (Phi) is 31.7. The van der Waals surface area contributed by atoms with Crippen molar-refractivity contribution >= 4 is 12.6 Å². The third kappa shape index (κ3) is 20.4. The fourth-order valence-electron chi connectivity index (χ4n) is 26.8. The fraction of sp³-hybridized carbons (Fsp3) is 0.439. The van der Waals surface area contributed by atoms with Gasteiger partial charge in [-0.2, -0.15) is 0 Å². The monoisotopic (exact) mass is 1880 g/mol. The van der Waals surface area contributed by atoms with Crippen LogP contribution in [0.1, 0.15) is 402 Å². The molecule has 0 spiro atoms. The molecule has 142 heavy (non-hydrogen) atoms. The first kappa shape index (κ1) is 101. The molecule has 1 fully saturated rings. The second-order valence-corrected chi connectivity index (χ2v) is 46.1. The number of fused-ring (bicyclic) bond motifs is 15. The molecule has 13 aromatic carbocycles. The quantitative estimate of drug-likeness (QED) is 0.0279. The van der Waals surface area contributed by atoms with E-state index in [1.807, 2.05) is 0 Å². The third-order valence-electron chi connectivity index (χ3n) is 35.9. The van der Waals surface area contributed by atoms with Crippen LogP contribution in [-0.2, 0) is 43.8 Å². The molecule has 13 aromatic rings. The van der Waals surface area contributed by atoms with Crippen LogP contribution in [0.4, 0.5) is 0 Å². The van der Waals surface area contributed by atoms with Crippen LogP contribution < -0.4 is 5.46 Å². The highest BCUT2D eigenvalue weighted by Crippen LogP contribution is 2.61. The summed E-state index contributed by atoms with van der Waals surface area (Å²) in [6, 6.07) is 106. The summed E-state index contributed by atoms with van der Waals surface area (Å²) in [5.74, 6) is 0. The standard InChI is InChI=1S/C139H165BO2/c1-13-19-25-31-37-45-84-137(85-46-38-32-26-20-14-2)126-51-43-42-50-118(126)121-82-73-112(98-129(121)137)111-72-77-120-119-76-67-106(92-127(119)134(7,8)128(120)93-111)100-56-58-102(59-57-100)108-69-80-124-125-81-71-110(97-133(125)139(132(124)96-108,88-48-40-34-28-22-16-4)89-49-41-35-29-23-17-5)104-62-60-103(61-63-104)109-70-79-123-122-78-68-107(94-130(122)138(131(123)95-109,86-44-36-30-24-18-6)87-47-39-33-27-21-15-3)101-54-52-99(53-55-101)105-66-75-116-113(90-105)64-65-114-91-115(74-83-117(114)116)140-141-135(9,10)136(11,12)142-140/h42-43,50-63,66-83,90-98H,13-41,44-49,64-65,84-89H2,1-12H3. The van der Waals surface area contributed by atoms with Gasteiger partial charge in [-0.05, 0) is 316 Å². The van der Waals surface area contributed by atoms with Gasteiger partial charge in [0.15, 0.2) is 0 Å². The van der Waals surface area contributed by atoms with E-state index in [1.165, 1.54) is 419 Å². The number of aryl methyl sites for hydroxylation is 2. The van der Waals surface area contributed by atoms with E-state index in [4.69, 9.17) is 9.31 Å². The molecule has 5 aliphatic carbocycles. The molecule has 1 saturated heterocycles. The molecule has 6 aliphatic rings. The van der Waals surface area contributed by atoms with Gasteiger partial charge in [-0.3, -0.25) is 0 Å². The summed E-state index contributed by atoms with van der Waals surface area (Å²) in [4.78, 5) is 0. The van der Waals surface area contributed by atoms with Crippen molar-refractivity contribution in [1.82, 2.24) is 0 Å². The molecule has 1 unspecified atom stereocenters. The molecule has 1 aliphatic heterocycles. The van der Waals surface area contributed by atoms with E-state index in [0.717, 1.165) is 18.3 Å². The zero-order chi connectivity index (χ0) is 98.0. The largest absolute Gasteiger partial charge is 0.494 e. The highest BCUT2D eigenvalue weighted by atomic mass is 16.7. The Balaban J connectivity index is 0.592. The molecule has 736 valence electrons. The van der Waals surface area contributed by atoms with Crippen LogP contribution in [0.15, 0.2) is 261 Å². The molecule has 0 saturated carbocycles. The minimum atomic E-state index is -0.369. The highest BCUT2D eigenvalue weighted by molar-refractivity contribution is 6.62. The van der Waals surface area contributed by atoms with E-state index < -0.39 is 0 Å². The Bertz CT molecular complexity index is 6470. The predicted octanol–water partition coefficient (Wildman–Crippen LogP) is 40.6. The van der Waals surface area contributed by atoms with Crippen LogP contribution in [0.5, 0.6) is 0 Å². The van der Waals surface area contributed by atoms with E-state index >= 15 is 0 Å². The van der Waals surface area contributed by atoms with Crippen molar-refractivity contribution in [3.63, 3.8) is 0 Å². The van der Waals surface area contributed by atoms with Crippen molar-refractivity contribution < 1.29 is 9.31 Å². The van der Waals surface area contributed by atoms with Crippen molar-refractivity contribution in [1.29, 1.82) is 0 Å². The summed E-state index contributed by atoms with van der Waals surface area (Å²) in [5, 5.41) is 0. The minimum absolute atomic E-state index is 0.0530. The Morgan fingerprint density at radius 2 is 0.394 bits per heavy atom. The van der Waals surface area contributed by atoms with Crippen molar-refractivity contribution in [3.05, 3.63) is 316 Å². The number of rotatable bonds is 49. The average Bonchev–Trinajstić information content (AvgIpc) is 1.56. The topological polar surface area (TPSA) is 18.5 Å². The second-order valence-electron chi connectivity index (χ2n) is 46.1. The number of hydrogen-bond donors (Lipinski definition) is 0. The van der Waals surface area contributed by atoms with Crippen LogP contribution in [0.3, 0.4) is 0 Å². The van der Waals surface area contributed by atoms with Gasteiger partial charge in [0, 0.05) is 21.7 Å². The van der Waals surface area contributed by atoms with Crippen LogP contribution in [0.25, 0.3) is 134 Å². The van der Waals surface area contributed by atoms with E-state index in [9.17, 15) is 0 Å². The highest BCUT2D eigenvalue weighted by Gasteiger charge is 2.53. The summed E-state index contributed by atoms with van der Waals surface area (Å²) in [5.41, 5.74) is 47.7. The SMILES string of the molecule is CCCCCCCCC1(CCCCCCC)c2cc(-c3ccc(-c4ccc5c(c4)CCc4cc(B6OC(C)(C)C(C)(C)O6)ccc4-5)cc3)ccc2-c2ccc(-c3ccc(-c4ccc5c(c4)C(CCCCCCCC)(CCCCCCCC)c4cc(-c6ccc(-c7ccc8c(c7)C(C)(C)c7cc(-c9ccc%10c(c9)C(CCCCCCCC)(CCCCCCCC)c9ccccc9-%10)ccc7-8)cc6)ccc4-5)cc3)cc21. The lowest BCUT2D eigenvalue weighted by atomic mass is 9.69. The first-order valence-corrected chi connectivity index (χ1v) is 57.4. The van der Waals surface area contributed by atoms with Crippen LogP contribution in [-0.4, -0.2) is 18.3 Å². The van der Waals surface area contributed by atoms with Gasteiger partial charge in [-0.15, -0.1) is 0 Å². The lowest BCUT2D eigenvalue weighted by molar-refractivity contribution is 0.00578. The average molecular weight is 1880 g/mol. The third-order valence-corrected chi connectivity index (χ3v) is 35.9. The molecular weight excluding hydrogens is 1710 g/mol. The maximum Gasteiger partial charge on any atom is 0.494 e. The van der Waals surface area contributed by atoms with Gasteiger partial charge in [0.25, 0.3) is 0 Å². The smallest absolute Gasteiger partial charge is 0.399 e. The Hall–Kier alpha value is -10.2. The Morgan fingerprint density at radius 1 is 0.190 bits per heavy atom. The van der Waals surface area contributed by atoms with E-state index in [-0.39, 0.29) is 40.0 Å². The lowest BCUT2D eigenvalue weighted by Crippen LogP contribution is -2.41. The van der Waals surface area contributed by atoms with Gasteiger partial charge in [-0.25, -0.2) is 0 Å². The summed E-state index contributed by atoms with van der Waals surface area (Å²) < 4.78 is 13.0. The summed E-state index contributed by atoms with van der Waals surface area (Å²) in [6.45, 7) is 27.6. The number of benzene rings is 13. The van der Waals surface area contributed by atoms with Gasteiger partial charge in [0.2, 0.25) is 0 Å². The predicted molar refractivity (Wildman–Crippen MR) is 613 cm³/mol. The number of unbranched alkanes of at least 4 members (excludes halogenated alkanes) is 29. The second kappa shape index (κ2) is 44.8. The minimum Gasteiger partial charge on any atom is -0.399 e.